The van der Waals surface area contributed by atoms with Crippen LogP contribution in [0, 0.1) is 0 Å². The summed E-state index contributed by atoms with van der Waals surface area (Å²) in [5.74, 6) is -0.989. The molecule has 20 heavy (non-hydrogen) atoms. The zero-order valence-corrected chi connectivity index (χ0v) is 11.5. The number of urea groups is 1. The largest absolute Gasteiger partial charge is 0.478 e. The molecule has 0 aliphatic heterocycles. The van der Waals surface area contributed by atoms with Gasteiger partial charge in [0.25, 0.3) is 0 Å². The first-order valence-corrected chi connectivity index (χ1v) is 6.50. The van der Waals surface area contributed by atoms with Gasteiger partial charge in [0.2, 0.25) is 0 Å². The SMILES string of the molecule is COCCCCCNC(=O)Nc1ccc(C(=O)O)cc1. The number of carboxylic acid groups (broad SMARTS) is 1. The van der Waals surface area contributed by atoms with E-state index in [1.807, 2.05) is 0 Å². The molecule has 0 saturated carbocycles. The number of rotatable bonds is 8. The van der Waals surface area contributed by atoms with Crippen molar-refractivity contribution in [2.24, 2.45) is 0 Å². The summed E-state index contributed by atoms with van der Waals surface area (Å²) >= 11 is 0. The summed E-state index contributed by atoms with van der Waals surface area (Å²) in [4.78, 5) is 22.2. The van der Waals surface area contributed by atoms with Crippen LogP contribution in [0.5, 0.6) is 0 Å². The fourth-order valence-corrected chi connectivity index (χ4v) is 1.62. The maximum atomic E-state index is 11.6. The van der Waals surface area contributed by atoms with Gasteiger partial charge in [-0.1, -0.05) is 0 Å². The molecule has 2 amide bonds. The molecule has 0 saturated heterocycles. The van der Waals surface area contributed by atoms with Gasteiger partial charge in [-0.15, -0.1) is 0 Å². The maximum absolute atomic E-state index is 11.6. The van der Waals surface area contributed by atoms with Crippen molar-refractivity contribution in [2.75, 3.05) is 25.6 Å². The Morgan fingerprint density at radius 2 is 1.85 bits per heavy atom. The van der Waals surface area contributed by atoms with Crippen LogP contribution in [-0.2, 0) is 4.74 Å². The Hall–Kier alpha value is -2.08. The molecule has 3 N–H and O–H groups in total. The third-order valence-electron chi connectivity index (χ3n) is 2.70. The number of ether oxygens (including phenoxy) is 1. The fourth-order valence-electron chi connectivity index (χ4n) is 1.62. The third-order valence-corrected chi connectivity index (χ3v) is 2.70. The van der Waals surface area contributed by atoms with Crippen molar-refractivity contribution in [2.45, 2.75) is 19.3 Å². The average Bonchev–Trinajstić information content (AvgIpc) is 2.43. The first-order chi connectivity index (χ1) is 9.63. The highest BCUT2D eigenvalue weighted by Crippen LogP contribution is 2.09. The van der Waals surface area contributed by atoms with Crippen LogP contribution in [0.1, 0.15) is 29.6 Å². The van der Waals surface area contributed by atoms with Gasteiger partial charge < -0.3 is 20.5 Å². The van der Waals surface area contributed by atoms with E-state index >= 15 is 0 Å². The number of hydrogen-bond donors (Lipinski definition) is 3. The number of anilines is 1. The van der Waals surface area contributed by atoms with Crippen LogP contribution < -0.4 is 10.6 Å². The Kier molecular flexibility index (Phi) is 7.13. The van der Waals surface area contributed by atoms with E-state index in [1.54, 1.807) is 19.2 Å². The summed E-state index contributed by atoms with van der Waals surface area (Å²) < 4.78 is 4.93. The van der Waals surface area contributed by atoms with Crippen LogP contribution in [0.3, 0.4) is 0 Å². The number of methoxy groups -OCH3 is 1. The quantitative estimate of drug-likeness (QED) is 0.638. The summed E-state index contributed by atoms with van der Waals surface area (Å²) in [6, 6.07) is 5.72. The Morgan fingerprint density at radius 3 is 2.45 bits per heavy atom. The van der Waals surface area contributed by atoms with Gasteiger partial charge in [0.05, 0.1) is 5.56 Å². The van der Waals surface area contributed by atoms with Gasteiger partial charge in [-0.3, -0.25) is 0 Å². The molecule has 0 spiro atoms. The highest BCUT2D eigenvalue weighted by atomic mass is 16.5. The molecule has 0 atom stereocenters. The number of benzene rings is 1. The molecule has 110 valence electrons. The minimum Gasteiger partial charge on any atom is -0.478 e. The van der Waals surface area contributed by atoms with Gasteiger partial charge in [-0.25, -0.2) is 9.59 Å². The average molecular weight is 280 g/mol. The Morgan fingerprint density at radius 1 is 1.15 bits per heavy atom. The number of nitrogens with one attached hydrogen (secondary N) is 2. The van der Waals surface area contributed by atoms with Gasteiger partial charge in [0, 0.05) is 25.9 Å². The standard InChI is InChI=1S/C14H20N2O4/c1-20-10-4-2-3-9-15-14(19)16-12-7-5-11(6-8-12)13(17)18/h5-8H,2-4,9-10H2,1H3,(H,17,18)(H2,15,16,19). The maximum Gasteiger partial charge on any atom is 0.335 e. The molecule has 6 heteroatoms. The summed E-state index contributed by atoms with van der Waals surface area (Å²) in [5, 5.41) is 14.1. The Balaban J connectivity index is 2.23. The molecule has 0 fully saturated rings. The summed E-state index contributed by atoms with van der Waals surface area (Å²) in [7, 11) is 1.67. The van der Waals surface area contributed by atoms with Crippen molar-refractivity contribution in [3.8, 4) is 0 Å². The lowest BCUT2D eigenvalue weighted by Gasteiger charge is -2.07. The molecular formula is C14H20N2O4. The van der Waals surface area contributed by atoms with Crippen LogP contribution in [0.4, 0.5) is 10.5 Å². The van der Waals surface area contributed by atoms with E-state index in [0.717, 1.165) is 25.9 Å². The normalized spacial score (nSPS) is 10.1. The molecule has 1 aromatic carbocycles. The van der Waals surface area contributed by atoms with E-state index in [0.29, 0.717) is 12.2 Å². The first kappa shape index (κ1) is 16.0. The van der Waals surface area contributed by atoms with Crippen molar-refractivity contribution in [3.05, 3.63) is 29.8 Å². The predicted octanol–water partition coefficient (Wildman–Crippen LogP) is 2.32. The first-order valence-electron chi connectivity index (χ1n) is 6.50. The number of hydrogen-bond acceptors (Lipinski definition) is 3. The molecule has 0 radical (unpaired) electrons. The zero-order valence-electron chi connectivity index (χ0n) is 11.5. The number of carboxylic acids is 1. The number of carbonyl (C=O) groups is 2. The van der Waals surface area contributed by atoms with E-state index in [9.17, 15) is 9.59 Å². The Bertz CT molecular complexity index is 431. The van der Waals surface area contributed by atoms with E-state index in [-0.39, 0.29) is 11.6 Å². The number of carbonyl (C=O) groups excluding carboxylic acids is 1. The monoisotopic (exact) mass is 280 g/mol. The second-order valence-electron chi connectivity index (χ2n) is 4.32. The molecular weight excluding hydrogens is 260 g/mol. The second kappa shape index (κ2) is 8.92. The molecule has 6 nitrogen and oxygen atoms in total. The number of unbranched alkanes of at least 4 members (excludes halogenated alkanes) is 2. The smallest absolute Gasteiger partial charge is 0.335 e. The number of aromatic carboxylic acids is 1. The van der Waals surface area contributed by atoms with E-state index in [1.165, 1.54) is 12.1 Å². The molecule has 0 heterocycles. The van der Waals surface area contributed by atoms with Crippen LogP contribution >= 0.6 is 0 Å². The lowest BCUT2D eigenvalue weighted by Crippen LogP contribution is -2.29. The van der Waals surface area contributed by atoms with Crippen molar-refractivity contribution in [1.82, 2.24) is 5.32 Å². The fraction of sp³-hybridized carbons (Fsp3) is 0.429. The molecule has 1 rings (SSSR count). The van der Waals surface area contributed by atoms with Gasteiger partial charge in [-0.05, 0) is 43.5 Å². The third kappa shape index (κ3) is 6.19. The summed E-state index contributed by atoms with van der Waals surface area (Å²) in [5.41, 5.74) is 0.751. The van der Waals surface area contributed by atoms with Crippen molar-refractivity contribution in [3.63, 3.8) is 0 Å². The van der Waals surface area contributed by atoms with Gasteiger partial charge in [0.15, 0.2) is 0 Å². The Labute approximate surface area is 118 Å². The summed E-state index contributed by atoms with van der Waals surface area (Å²) in [6.45, 7) is 1.34. The van der Waals surface area contributed by atoms with Gasteiger partial charge in [0.1, 0.15) is 0 Å². The van der Waals surface area contributed by atoms with Crippen LogP contribution in [-0.4, -0.2) is 37.4 Å². The van der Waals surface area contributed by atoms with Crippen molar-refractivity contribution >= 4 is 17.7 Å². The minimum atomic E-state index is -0.989. The molecule has 0 bridgehead atoms. The highest BCUT2D eigenvalue weighted by Gasteiger charge is 2.04. The lowest BCUT2D eigenvalue weighted by molar-refractivity contribution is 0.0697. The van der Waals surface area contributed by atoms with Crippen LogP contribution in [0.15, 0.2) is 24.3 Å². The summed E-state index contributed by atoms with van der Waals surface area (Å²) in [6.07, 6.45) is 2.88. The van der Waals surface area contributed by atoms with E-state index in [4.69, 9.17) is 9.84 Å². The van der Waals surface area contributed by atoms with Crippen molar-refractivity contribution < 1.29 is 19.4 Å². The minimum absolute atomic E-state index is 0.189. The molecule has 0 aliphatic rings. The topological polar surface area (TPSA) is 87.7 Å². The lowest BCUT2D eigenvalue weighted by atomic mass is 10.2. The molecule has 0 aliphatic carbocycles. The number of amides is 2. The van der Waals surface area contributed by atoms with Crippen LogP contribution in [0.25, 0.3) is 0 Å². The molecule has 0 unspecified atom stereocenters. The van der Waals surface area contributed by atoms with Gasteiger partial charge in [-0.2, -0.15) is 0 Å². The van der Waals surface area contributed by atoms with Crippen molar-refractivity contribution in [1.29, 1.82) is 0 Å². The molecule has 0 aromatic heterocycles. The second-order valence-corrected chi connectivity index (χ2v) is 4.32. The predicted molar refractivity (Wildman–Crippen MR) is 76.1 cm³/mol. The highest BCUT2D eigenvalue weighted by molar-refractivity contribution is 5.91. The van der Waals surface area contributed by atoms with Crippen LogP contribution in [0.2, 0.25) is 0 Å². The zero-order chi connectivity index (χ0) is 14.8. The molecule has 1 aromatic rings. The van der Waals surface area contributed by atoms with E-state index in [2.05, 4.69) is 10.6 Å². The van der Waals surface area contributed by atoms with E-state index < -0.39 is 5.97 Å². The van der Waals surface area contributed by atoms with Gasteiger partial charge >= 0.3 is 12.0 Å².